The SMILES string of the molecule is CC(C)Cc1ccc(-c2nc(-c3ccc(CN4CC(OC(=O)O)C4)o3)no2)cc1. The summed E-state index contributed by atoms with van der Waals surface area (Å²) < 4.78 is 15.9. The van der Waals surface area contributed by atoms with Crippen LogP contribution in [0.3, 0.4) is 0 Å². The number of aromatic nitrogens is 2. The lowest BCUT2D eigenvalue weighted by atomic mass is 10.0. The highest BCUT2D eigenvalue weighted by Crippen LogP contribution is 2.26. The molecule has 0 bridgehead atoms. The van der Waals surface area contributed by atoms with Gasteiger partial charge in [-0.3, -0.25) is 4.90 Å². The number of carbonyl (C=O) groups is 1. The van der Waals surface area contributed by atoms with Crippen molar-refractivity contribution < 1.29 is 23.6 Å². The fraction of sp³-hybridized carbons (Fsp3) is 0.381. The van der Waals surface area contributed by atoms with Crippen molar-refractivity contribution in [3.8, 4) is 23.0 Å². The van der Waals surface area contributed by atoms with Gasteiger partial charge in [-0.1, -0.05) is 31.1 Å². The number of rotatable bonds is 7. The van der Waals surface area contributed by atoms with Crippen molar-refractivity contribution in [2.75, 3.05) is 13.1 Å². The van der Waals surface area contributed by atoms with E-state index in [9.17, 15) is 4.79 Å². The number of hydrogen-bond acceptors (Lipinski definition) is 7. The van der Waals surface area contributed by atoms with Gasteiger partial charge in [0.05, 0.1) is 6.54 Å². The molecule has 0 amide bonds. The van der Waals surface area contributed by atoms with Gasteiger partial charge in [-0.25, -0.2) is 4.79 Å². The molecule has 0 saturated carbocycles. The molecule has 0 atom stereocenters. The summed E-state index contributed by atoms with van der Waals surface area (Å²) in [6, 6.07) is 11.8. The molecule has 3 aromatic rings. The second-order valence-corrected chi connectivity index (χ2v) is 7.68. The molecule has 4 rings (SSSR count). The van der Waals surface area contributed by atoms with Gasteiger partial charge in [0.25, 0.3) is 5.89 Å². The van der Waals surface area contributed by atoms with Gasteiger partial charge in [-0.15, -0.1) is 0 Å². The van der Waals surface area contributed by atoms with E-state index >= 15 is 0 Å². The molecule has 1 N–H and O–H groups in total. The molecule has 1 fully saturated rings. The van der Waals surface area contributed by atoms with Crippen LogP contribution in [0.25, 0.3) is 23.0 Å². The van der Waals surface area contributed by atoms with Crippen LogP contribution in [0, 0.1) is 5.92 Å². The quantitative estimate of drug-likeness (QED) is 0.595. The Kier molecular flexibility index (Phi) is 5.35. The summed E-state index contributed by atoms with van der Waals surface area (Å²) in [6.07, 6.45) is -0.476. The lowest BCUT2D eigenvalue weighted by Gasteiger charge is -2.36. The molecule has 2 aromatic heterocycles. The number of nitrogens with zero attached hydrogens (tertiary/aromatic N) is 3. The molecule has 0 unspecified atom stereocenters. The second-order valence-electron chi connectivity index (χ2n) is 7.68. The van der Waals surface area contributed by atoms with Crippen molar-refractivity contribution in [1.82, 2.24) is 15.0 Å². The number of carboxylic acid groups (broad SMARTS) is 1. The number of hydrogen-bond donors (Lipinski definition) is 1. The Morgan fingerprint density at radius 3 is 2.69 bits per heavy atom. The Bertz CT molecular complexity index is 970. The zero-order chi connectivity index (χ0) is 20.4. The summed E-state index contributed by atoms with van der Waals surface area (Å²) >= 11 is 0. The van der Waals surface area contributed by atoms with Crippen LogP contribution < -0.4 is 0 Å². The molecule has 1 aliphatic heterocycles. The monoisotopic (exact) mass is 397 g/mol. The van der Waals surface area contributed by atoms with Crippen molar-refractivity contribution in [3.63, 3.8) is 0 Å². The zero-order valence-corrected chi connectivity index (χ0v) is 16.4. The van der Waals surface area contributed by atoms with Crippen LogP contribution in [0.1, 0.15) is 25.2 Å². The maximum atomic E-state index is 10.5. The summed E-state index contributed by atoms with van der Waals surface area (Å²) in [7, 11) is 0. The summed E-state index contributed by atoms with van der Waals surface area (Å²) in [5.74, 6) is 2.73. The second kappa shape index (κ2) is 8.08. The molecule has 8 heteroatoms. The average molecular weight is 397 g/mol. The molecular formula is C21H23N3O5. The fourth-order valence-corrected chi connectivity index (χ4v) is 3.37. The van der Waals surface area contributed by atoms with Gasteiger partial charge >= 0.3 is 6.16 Å². The van der Waals surface area contributed by atoms with Crippen molar-refractivity contribution in [3.05, 3.63) is 47.7 Å². The Labute approximate surface area is 168 Å². The normalized spacial score (nSPS) is 14.9. The van der Waals surface area contributed by atoms with Crippen LogP contribution in [0.15, 0.2) is 45.3 Å². The lowest BCUT2D eigenvalue weighted by Crippen LogP contribution is -2.51. The van der Waals surface area contributed by atoms with Gasteiger partial charge in [0.15, 0.2) is 5.76 Å². The van der Waals surface area contributed by atoms with Gasteiger partial charge in [-0.2, -0.15) is 4.98 Å². The van der Waals surface area contributed by atoms with Crippen LogP contribution in [0.2, 0.25) is 0 Å². The van der Waals surface area contributed by atoms with E-state index in [4.69, 9.17) is 18.8 Å². The molecule has 3 heterocycles. The average Bonchev–Trinajstić information content (AvgIpc) is 3.29. The summed E-state index contributed by atoms with van der Waals surface area (Å²) in [4.78, 5) is 17.0. The highest BCUT2D eigenvalue weighted by Gasteiger charge is 2.30. The van der Waals surface area contributed by atoms with Crippen molar-refractivity contribution in [2.45, 2.75) is 32.9 Å². The predicted octanol–water partition coefficient (Wildman–Crippen LogP) is 4.07. The largest absolute Gasteiger partial charge is 0.506 e. The molecule has 29 heavy (non-hydrogen) atoms. The minimum atomic E-state index is -1.24. The molecule has 1 aromatic carbocycles. The first-order valence-corrected chi connectivity index (χ1v) is 9.60. The number of likely N-dealkylation sites (tertiary alicyclic amines) is 1. The maximum Gasteiger partial charge on any atom is 0.506 e. The van der Waals surface area contributed by atoms with Gasteiger partial charge in [0.1, 0.15) is 11.9 Å². The zero-order valence-electron chi connectivity index (χ0n) is 16.4. The van der Waals surface area contributed by atoms with Gasteiger partial charge in [0, 0.05) is 18.7 Å². The number of furan rings is 1. The fourth-order valence-electron chi connectivity index (χ4n) is 3.37. The molecular weight excluding hydrogens is 374 g/mol. The summed E-state index contributed by atoms with van der Waals surface area (Å²) in [5.41, 5.74) is 2.15. The first-order chi connectivity index (χ1) is 14.0. The van der Waals surface area contributed by atoms with Crippen molar-refractivity contribution >= 4 is 6.16 Å². The van der Waals surface area contributed by atoms with Crippen LogP contribution in [-0.4, -0.2) is 45.5 Å². The van der Waals surface area contributed by atoms with E-state index in [-0.39, 0.29) is 6.10 Å². The Hall–Kier alpha value is -3.13. The standard InChI is InChI=1S/C21H23N3O5/c1-13(2)9-14-3-5-15(6-4-14)20-22-19(23-29-20)18-8-7-16(27-18)10-24-11-17(12-24)28-21(25)26/h3-8,13,17H,9-12H2,1-2H3,(H,25,26). The predicted molar refractivity (Wildman–Crippen MR) is 104 cm³/mol. The van der Waals surface area contributed by atoms with E-state index in [0.29, 0.717) is 43.0 Å². The van der Waals surface area contributed by atoms with Crippen LogP contribution in [-0.2, 0) is 17.7 Å². The minimum Gasteiger partial charge on any atom is -0.456 e. The summed E-state index contributed by atoms with van der Waals surface area (Å²) in [5, 5.41) is 12.6. The Balaban J connectivity index is 1.37. The van der Waals surface area contributed by atoms with Crippen LogP contribution in [0.4, 0.5) is 4.79 Å². The van der Waals surface area contributed by atoms with E-state index in [1.54, 1.807) is 6.07 Å². The van der Waals surface area contributed by atoms with E-state index < -0.39 is 6.16 Å². The first kappa shape index (κ1) is 19.2. The Morgan fingerprint density at radius 2 is 2.00 bits per heavy atom. The molecule has 1 aliphatic rings. The van der Waals surface area contributed by atoms with Crippen LogP contribution >= 0.6 is 0 Å². The number of ether oxygens (including phenoxy) is 1. The highest BCUT2D eigenvalue weighted by molar-refractivity contribution is 5.57. The van der Waals surface area contributed by atoms with Gasteiger partial charge in [-0.05, 0) is 42.2 Å². The number of benzene rings is 1. The third-order valence-electron chi connectivity index (χ3n) is 4.72. The first-order valence-electron chi connectivity index (χ1n) is 9.60. The van der Waals surface area contributed by atoms with E-state index in [1.165, 1.54) is 5.56 Å². The Morgan fingerprint density at radius 1 is 1.24 bits per heavy atom. The molecule has 0 spiro atoms. The lowest BCUT2D eigenvalue weighted by molar-refractivity contribution is -0.0383. The molecule has 152 valence electrons. The van der Waals surface area contributed by atoms with E-state index in [1.807, 2.05) is 23.1 Å². The smallest absolute Gasteiger partial charge is 0.456 e. The molecule has 0 radical (unpaired) electrons. The minimum absolute atomic E-state index is 0.270. The van der Waals surface area contributed by atoms with Crippen molar-refractivity contribution in [1.29, 1.82) is 0 Å². The van der Waals surface area contributed by atoms with Crippen LogP contribution in [0.5, 0.6) is 0 Å². The topological polar surface area (TPSA) is 102 Å². The summed E-state index contributed by atoms with van der Waals surface area (Å²) in [6.45, 7) is 6.07. The highest BCUT2D eigenvalue weighted by atomic mass is 16.7. The molecule has 1 saturated heterocycles. The van der Waals surface area contributed by atoms with E-state index in [0.717, 1.165) is 17.7 Å². The van der Waals surface area contributed by atoms with Gasteiger partial charge in [0.2, 0.25) is 5.82 Å². The molecule has 0 aliphatic carbocycles. The molecule has 8 nitrogen and oxygen atoms in total. The van der Waals surface area contributed by atoms with E-state index in [2.05, 4.69) is 36.1 Å². The third-order valence-corrected chi connectivity index (χ3v) is 4.72. The van der Waals surface area contributed by atoms with Crippen molar-refractivity contribution in [2.24, 2.45) is 5.92 Å². The van der Waals surface area contributed by atoms with Gasteiger partial charge < -0.3 is 18.8 Å². The third kappa shape index (κ3) is 4.65. The maximum absolute atomic E-state index is 10.5.